The van der Waals surface area contributed by atoms with Crippen LogP contribution in [0.4, 0.5) is 4.39 Å². The van der Waals surface area contributed by atoms with E-state index in [-0.39, 0.29) is 23.9 Å². The van der Waals surface area contributed by atoms with Crippen LogP contribution in [-0.2, 0) is 6.54 Å². The molecule has 0 aromatic carbocycles. The lowest BCUT2D eigenvalue weighted by atomic mass is 10.0. The summed E-state index contributed by atoms with van der Waals surface area (Å²) < 4.78 is 18.7. The van der Waals surface area contributed by atoms with Gasteiger partial charge >= 0.3 is 0 Å². The second-order valence-electron chi connectivity index (χ2n) is 4.53. The number of carbonyl (C=O) groups excluding carboxylic acids is 1. The highest BCUT2D eigenvalue weighted by Crippen LogP contribution is 2.19. The Hall–Kier alpha value is -2.28. The number of nitrogens with zero attached hydrogens (tertiary/aromatic N) is 2. The number of hydrogen-bond donors (Lipinski definition) is 2. The van der Waals surface area contributed by atoms with Crippen LogP contribution in [0.15, 0.2) is 28.9 Å². The summed E-state index contributed by atoms with van der Waals surface area (Å²) in [5.41, 5.74) is 0.184. The molecular formula is C13H13FN4O2. The van der Waals surface area contributed by atoms with E-state index in [4.69, 9.17) is 4.42 Å². The number of nitrogens with one attached hydrogen (secondary N) is 2. The Morgan fingerprint density at radius 2 is 2.35 bits per heavy atom. The molecule has 1 aliphatic heterocycles. The lowest BCUT2D eigenvalue weighted by molar-refractivity contribution is 0.0919. The number of pyridine rings is 1. The first kappa shape index (κ1) is 12.7. The van der Waals surface area contributed by atoms with Crippen LogP contribution in [0.3, 0.4) is 0 Å². The first-order valence-electron chi connectivity index (χ1n) is 6.28. The molecule has 0 aliphatic carbocycles. The molecule has 104 valence electrons. The van der Waals surface area contributed by atoms with Gasteiger partial charge in [0.15, 0.2) is 0 Å². The summed E-state index contributed by atoms with van der Waals surface area (Å²) in [5.74, 6) is 0.0265. The molecule has 0 unspecified atom stereocenters. The molecule has 3 rings (SSSR count). The first-order valence-corrected chi connectivity index (χ1v) is 6.28. The molecule has 2 aromatic heterocycles. The zero-order valence-electron chi connectivity index (χ0n) is 10.6. The maximum Gasteiger partial charge on any atom is 0.289 e. The van der Waals surface area contributed by atoms with Crippen molar-refractivity contribution in [2.75, 3.05) is 13.1 Å². The summed E-state index contributed by atoms with van der Waals surface area (Å²) in [6.07, 6.45) is 2.86. The Morgan fingerprint density at radius 1 is 1.50 bits per heavy atom. The number of amides is 1. The molecule has 2 aromatic rings. The lowest BCUT2D eigenvalue weighted by Crippen LogP contribution is -2.40. The fourth-order valence-corrected chi connectivity index (χ4v) is 1.84. The van der Waals surface area contributed by atoms with Crippen LogP contribution in [0, 0.1) is 5.82 Å². The van der Waals surface area contributed by atoms with E-state index < -0.39 is 11.7 Å². The van der Waals surface area contributed by atoms with Gasteiger partial charge in [0.1, 0.15) is 5.82 Å². The fraction of sp³-hybridized carbons (Fsp3) is 0.308. The third-order valence-corrected chi connectivity index (χ3v) is 3.13. The van der Waals surface area contributed by atoms with Gasteiger partial charge < -0.3 is 15.1 Å². The number of halogens is 1. The summed E-state index contributed by atoms with van der Waals surface area (Å²) in [6, 6.07) is 2.79. The number of oxazole rings is 1. The Morgan fingerprint density at radius 3 is 3.05 bits per heavy atom. The molecular weight excluding hydrogens is 263 g/mol. The van der Waals surface area contributed by atoms with Gasteiger partial charge in [0, 0.05) is 19.3 Å². The summed E-state index contributed by atoms with van der Waals surface area (Å²) in [7, 11) is 0. The molecule has 0 atom stereocenters. The molecule has 1 amide bonds. The number of rotatable bonds is 4. The van der Waals surface area contributed by atoms with E-state index in [1.807, 2.05) is 0 Å². The lowest BCUT2D eigenvalue weighted by Gasteiger charge is -2.23. The van der Waals surface area contributed by atoms with E-state index in [1.54, 1.807) is 0 Å². The van der Waals surface area contributed by atoms with E-state index in [9.17, 15) is 9.18 Å². The van der Waals surface area contributed by atoms with E-state index >= 15 is 0 Å². The molecule has 1 fully saturated rings. The van der Waals surface area contributed by atoms with Gasteiger partial charge in [-0.15, -0.1) is 0 Å². The number of carbonyl (C=O) groups is 1. The highest BCUT2D eigenvalue weighted by atomic mass is 19.1. The molecule has 2 N–H and O–H groups in total. The molecule has 0 saturated carbocycles. The van der Waals surface area contributed by atoms with Crippen LogP contribution in [0.25, 0.3) is 0 Å². The topological polar surface area (TPSA) is 80.0 Å². The largest absolute Gasteiger partial charge is 0.435 e. The SMILES string of the molecule is O=C(NCc1ncccc1F)c1cnc(C2CNC2)o1. The van der Waals surface area contributed by atoms with E-state index in [0.717, 1.165) is 13.1 Å². The van der Waals surface area contributed by atoms with Gasteiger partial charge in [0.2, 0.25) is 11.7 Å². The monoisotopic (exact) mass is 276 g/mol. The molecule has 0 bridgehead atoms. The molecule has 6 nitrogen and oxygen atoms in total. The average Bonchev–Trinajstić information content (AvgIpc) is 2.85. The second kappa shape index (κ2) is 5.38. The highest BCUT2D eigenvalue weighted by Gasteiger charge is 2.25. The zero-order valence-corrected chi connectivity index (χ0v) is 10.6. The van der Waals surface area contributed by atoms with Gasteiger partial charge in [-0.3, -0.25) is 9.78 Å². The quantitative estimate of drug-likeness (QED) is 0.864. The van der Waals surface area contributed by atoms with Gasteiger partial charge in [-0.1, -0.05) is 0 Å². The van der Waals surface area contributed by atoms with Crippen LogP contribution < -0.4 is 10.6 Å². The van der Waals surface area contributed by atoms with Crippen molar-refractivity contribution in [3.05, 3.63) is 47.7 Å². The van der Waals surface area contributed by atoms with Gasteiger partial charge in [0.25, 0.3) is 5.91 Å². The van der Waals surface area contributed by atoms with Crippen LogP contribution in [0.5, 0.6) is 0 Å². The zero-order chi connectivity index (χ0) is 13.9. The Balaban J connectivity index is 1.61. The molecule has 0 spiro atoms. The van der Waals surface area contributed by atoms with Crippen LogP contribution >= 0.6 is 0 Å². The summed E-state index contributed by atoms with van der Waals surface area (Å²) in [5, 5.41) is 5.65. The molecule has 0 radical (unpaired) electrons. The van der Waals surface area contributed by atoms with Crippen molar-refractivity contribution in [3.8, 4) is 0 Å². The van der Waals surface area contributed by atoms with Crippen LogP contribution in [0.2, 0.25) is 0 Å². The molecule has 1 saturated heterocycles. The second-order valence-corrected chi connectivity index (χ2v) is 4.53. The predicted octanol–water partition coefficient (Wildman–Crippen LogP) is 0.825. The maximum atomic E-state index is 13.3. The Kier molecular flexibility index (Phi) is 3.42. The molecule has 3 heterocycles. The van der Waals surface area contributed by atoms with Gasteiger partial charge in [-0.2, -0.15) is 0 Å². The van der Waals surface area contributed by atoms with Crippen molar-refractivity contribution in [2.45, 2.75) is 12.5 Å². The Bertz CT molecular complexity index is 624. The van der Waals surface area contributed by atoms with Crippen molar-refractivity contribution in [1.29, 1.82) is 0 Å². The third-order valence-electron chi connectivity index (χ3n) is 3.13. The first-order chi connectivity index (χ1) is 9.74. The van der Waals surface area contributed by atoms with E-state index in [2.05, 4.69) is 20.6 Å². The van der Waals surface area contributed by atoms with Gasteiger partial charge in [-0.25, -0.2) is 9.37 Å². The number of hydrogen-bond acceptors (Lipinski definition) is 5. The summed E-state index contributed by atoms with van der Waals surface area (Å²) in [4.78, 5) is 19.8. The van der Waals surface area contributed by atoms with Crippen LogP contribution in [0.1, 0.15) is 28.1 Å². The number of aromatic nitrogens is 2. The smallest absolute Gasteiger partial charge is 0.289 e. The van der Waals surface area contributed by atoms with Crippen molar-refractivity contribution in [3.63, 3.8) is 0 Å². The molecule has 1 aliphatic rings. The maximum absolute atomic E-state index is 13.3. The third kappa shape index (κ3) is 2.53. The molecule has 20 heavy (non-hydrogen) atoms. The standard InChI is InChI=1S/C13H13FN4O2/c14-9-2-1-3-16-10(9)6-17-12(19)11-7-18-13(20-11)8-4-15-5-8/h1-3,7-8,15H,4-6H2,(H,17,19). The Labute approximate surface area is 114 Å². The van der Waals surface area contributed by atoms with E-state index in [1.165, 1.54) is 24.5 Å². The minimum Gasteiger partial charge on any atom is -0.435 e. The minimum absolute atomic E-state index is 0.00647. The average molecular weight is 276 g/mol. The summed E-state index contributed by atoms with van der Waals surface area (Å²) >= 11 is 0. The van der Waals surface area contributed by atoms with Crippen molar-refractivity contribution >= 4 is 5.91 Å². The van der Waals surface area contributed by atoms with Crippen molar-refractivity contribution in [1.82, 2.24) is 20.6 Å². The van der Waals surface area contributed by atoms with Gasteiger partial charge in [-0.05, 0) is 12.1 Å². The van der Waals surface area contributed by atoms with E-state index in [0.29, 0.717) is 5.89 Å². The normalized spacial score (nSPS) is 14.8. The van der Waals surface area contributed by atoms with Crippen LogP contribution in [-0.4, -0.2) is 29.0 Å². The predicted molar refractivity (Wildman–Crippen MR) is 67.5 cm³/mol. The minimum atomic E-state index is -0.452. The van der Waals surface area contributed by atoms with Gasteiger partial charge in [0.05, 0.1) is 24.4 Å². The van der Waals surface area contributed by atoms with Crippen molar-refractivity contribution in [2.24, 2.45) is 0 Å². The molecule has 7 heteroatoms. The summed E-state index contributed by atoms with van der Waals surface area (Å²) in [6.45, 7) is 1.62. The van der Waals surface area contributed by atoms with Crippen molar-refractivity contribution < 1.29 is 13.6 Å². The highest BCUT2D eigenvalue weighted by molar-refractivity contribution is 5.91. The fourth-order valence-electron chi connectivity index (χ4n) is 1.84.